The summed E-state index contributed by atoms with van der Waals surface area (Å²) in [5, 5.41) is 4.28. The van der Waals surface area contributed by atoms with Gasteiger partial charge < -0.3 is 4.74 Å². The molecule has 0 spiro atoms. The second kappa shape index (κ2) is 5.92. The standard InChI is InChI=1S/C13H14ClN3O3/c1-8(2)15-16-12(18)6-17-10-5-9(14)3-4-11(10)20-7-13(17)19/h3-5H,6-7H2,1-2H3,(H,16,18). The smallest absolute Gasteiger partial charge is 0.265 e. The number of carbonyl (C=O) groups excluding carboxylic acids is 2. The highest BCUT2D eigenvalue weighted by Crippen LogP contribution is 2.34. The highest BCUT2D eigenvalue weighted by molar-refractivity contribution is 6.31. The lowest BCUT2D eigenvalue weighted by Gasteiger charge is -2.28. The fraction of sp³-hybridized carbons (Fsp3) is 0.308. The Balaban J connectivity index is 2.19. The summed E-state index contributed by atoms with van der Waals surface area (Å²) in [6.07, 6.45) is 0. The van der Waals surface area contributed by atoms with E-state index in [-0.39, 0.29) is 25.0 Å². The number of hydrogen-bond acceptors (Lipinski definition) is 4. The maximum Gasteiger partial charge on any atom is 0.265 e. The molecule has 1 aromatic rings. The Morgan fingerprint density at radius 2 is 2.25 bits per heavy atom. The molecule has 0 fully saturated rings. The Kier molecular flexibility index (Phi) is 4.24. The maximum absolute atomic E-state index is 11.9. The Bertz CT molecular complexity index is 582. The monoisotopic (exact) mass is 295 g/mol. The van der Waals surface area contributed by atoms with Crippen LogP contribution in [0.4, 0.5) is 5.69 Å². The van der Waals surface area contributed by atoms with Gasteiger partial charge in [0.05, 0.1) is 5.69 Å². The van der Waals surface area contributed by atoms with E-state index in [0.29, 0.717) is 16.5 Å². The van der Waals surface area contributed by atoms with Crippen LogP contribution in [0.2, 0.25) is 5.02 Å². The van der Waals surface area contributed by atoms with Crippen LogP contribution < -0.4 is 15.1 Å². The van der Waals surface area contributed by atoms with Gasteiger partial charge in [-0.25, -0.2) is 5.43 Å². The lowest BCUT2D eigenvalue weighted by atomic mass is 10.2. The van der Waals surface area contributed by atoms with Gasteiger partial charge in [-0.3, -0.25) is 14.5 Å². The molecule has 1 aliphatic rings. The quantitative estimate of drug-likeness (QED) is 0.680. The molecule has 1 aromatic carbocycles. The number of nitrogens with zero attached hydrogens (tertiary/aromatic N) is 2. The first-order valence-electron chi connectivity index (χ1n) is 6.00. The molecule has 0 aromatic heterocycles. The van der Waals surface area contributed by atoms with Gasteiger partial charge in [-0.15, -0.1) is 0 Å². The van der Waals surface area contributed by atoms with E-state index in [1.807, 2.05) is 0 Å². The van der Waals surface area contributed by atoms with Crippen molar-refractivity contribution in [1.29, 1.82) is 0 Å². The molecule has 0 saturated carbocycles. The van der Waals surface area contributed by atoms with Crippen LogP contribution in [0, 0.1) is 0 Å². The van der Waals surface area contributed by atoms with Crippen molar-refractivity contribution >= 4 is 34.8 Å². The second-order valence-corrected chi connectivity index (χ2v) is 4.91. The molecule has 1 N–H and O–H groups in total. The van der Waals surface area contributed by atoms with Crippen LogP contribution in [0.1, 0.15) is 13.8 Å². The number of amides is 2. The predicted molar refractivity (Wildman–Crippen MR) is 76.2 cm³/mol. The summed E-state index contributed by atoms with van der Waals surface area (Å²) in [6, 6.07) is 4.93. The molecule has 106 valence electrons. The summed E-state index contributed by atoms with van der Waals surface area (Å²) in [7, 11) is 0. The molecule has 6 nitrogen and oxygen atoms in total. The minimum atomic E-state index is -0.382. The zero-order valence-corrected chi connectivity index (χ0v) is 11.9. The lowest BCUT2D eigenvalue weighted by molar-refractivity contribution is -0.125. The molecule has 20 heavy (non-hydrogen) atoms. The Morgan fingerprint density at radius 1 is 1.50 bits per heavy atom. The van der Waals surface area contributed by atoms with E-state index in [1.165, 1.54) is 4.90 Å². The Labute approximate surface area is 121 Å². The van der Waals surface area contributed by atoms with Crippen LogP contribution in [-0.2, 0) is 9.59 Å². The molecule has 7 heteroatoms. The van der Waals surface area contributed by atoms with E-state index < -0.39 is 0 Å². The number of benzene rings is 1. The first kappa shape index (κ1) is 14.3. The summed E-state index contributed by atoms with van der Waals surface area (Å²) < 4.78 is 5.29. The molecule has 1 aliphatic heterocycles. The first-order chi connectivity index (χ1) is 9.47. The van der Waals surface area contributed by atoms with E-state index in [9.17, 15) is 9.59 Å². The van der Waals surface area contributed by atoms with E-state index in [2.05, 4.69) is 10.5 Å². The third kappa shape index (κ3) is 3.27. The maximum atomic E-state index is 11.9. The molecule has 0 saturated heterocycles. The van der Waals surface area contributed by atoms with Crippen molar-refractivity contribution in [3.63, 3.8) is 0 Å². The topological polar surface area (TPSA) is 71.0 Å². The fourth-order valence-electron chi connectivity index (χ4n) is 1.70. The van der Waals surface area contributed by atoms with E-state index in [0.717, 1.165) is 5.71 Å². The second-order valence-electron chi connectivity index (χ2n) is 4.47. The average molecular weight is 296 g/mol. The summed E-state index contributed by atoms with van der Waals surface area (Å²) in [5.74, 6) is -0.156. The fourth-order valence-corrected chi connectivity index (χ4v) is 1.87. The number of hydrazone groups is 1. The van der Waals surface area contributed by atoms with Gasteiger partial charge in [0.2, 0.25) is 0 Å². The van der Waals surface area contributed by atoms with Crippen molar-refractivity contribution in [3.05, 3.63) is 23.2 Å². The van der Waals surface area contributed by atoms with Gasteiger partial charge in [0, 0.05) is 10.7 Å². The Hall–Kier alpha value is -2.08. The van der Waals surface area contributed by atoms with Crippen molar-refractivity contribution in [2.24, 2.45) is 5.10 Å². The highest BCUT2D eigenvalue weighted by atomic mass is 35.5. The number of halogens is 1. The van der Waals surface area contributed by atoms with Gasteiger partial charge in [-0.2, -0.15) is 5.10 Å². The number of hydrogen-bond donors (Lipinski definition) is 1. The minimum Gasteiger partial charge on any atom is -0.482 e. The number of anilines is 1. The van der Waals surface area contributed by atoms with Gasteiger partial charge in [0.15, 0.2) is 6.61 Å². The van der Waals surface area contributed by atoms with Gasteiger partial charge >= 0.3 is 0 Å². The summed E-state index contributed by atoms with van der Waals surface area (Å²) in [4.78, 5) is 25.0. The summed E-state index contributed by atoms with van der Waals surface area (Å²) in [5.41, 5.74) is 3.58. The summed E-state index contributed by atoms with van der Waals surface area (Å²) in [6.45, 7) is 3.29. The molecule has 0 radical (unpaired) electrons. The van der Waals surface area contributed by atoms with Gasteiger partial charge in [-0.1, -0.05) is 11.6 Å². The van der Waals surface area contributed by atoms with Gasteiger partial charge in [-0.05, 0) is 32.0 Å². The zero-order chi connectivity index (χ0) is 14.7. The Morgan fingerprint density at radius 3 is 2.95 bits per heavy atom. The molecule has 2 amide bonds. The largest absolute Gasteiger partial charge is 0.482 e. The number of rotatable bonds is 3. The van der Waals surface area contributed by atoms with E-state index >= 15 is 0 Å². The first-order valence-corrected chi connectivity index (χ1v) is 6.37. The summed E-state index contributed by atoms with van der Waals surface area (Å²) >= 11 is 5.91. The molecule has 2 rings (SSSR count). The molecular formula is C13H14ClN3O3. The number of nitrogens with one attached hydrogen (secondary N) is 1. The molecular weight excluding hydrogens is 282 g/mol. The van der Waals surface area contributed by atoms with E-state index in [4.69, 9.17) is 16.3 Å². The third-order valence-electron chi connectivity index (χ3n) is 2.57. The van der Waals surface area contributed by atoms with Crippen molar-refractivity contribution in [1.82, 2.24) is 5.43 Å². The molecule has 0 unspecified atom stereocenters. The minimum absolute atomic E-state index is 0.0992. The molecule has 0 aliphatic carbocycles. The predicted octanol–water partition coefficient (Wildman–Crippen LogP) is 1.58. The molecule has 1 heterocycles. The normalized spacial score (nSPS) is 13.3. The third-order valence-corrected chi connectivity index (χ3v) is 2.81. The van der Waals surface area contributed by atoms with Crippen molar-refractivity contribution < 1.29 is 14.3 Å². The number of ether oxygens (including phenoxy) is 1. The highest BCUT2D eigenvalue weighted by Gasteiger charge is 2.27. The van der Waals surface area contributed by atoms with Gasteiger partial charge in [0.25, 0.3) is 11.8 Å². The van der Waals surface area contributed by atoms with Crippen LogP contribution in [0.25, 0.3) is 0 Å². The van der Waals surface area contributed by atoms with Crippen molar-refractivity contribution in [2.45, 2.75) is 13.8 Å². The van der Waals surface area contributed by atoms with E-state index in [1.54, 1.807) is 32.0 Å². The number of carbonyl (C=O) groups is 2. The van der Waals surface area contributed by atoms with Crippen LogP contribution in [0.3, 0.4) is 0 Å². The van der Waals surface area contributed by atoms with Crippen LogP contribution >= 0.6 is 11.6 Å². The van der Waals surface area contributed by atoms with Crippen LogP contribution in [0.5, 0.6) is 5.75 Å². The SMILES string of the molecule is CC(C)=NNC(=O)CN1C(=O)COc2ccc(Cl)cc21. The zero-order valence-electron chi connectivity index (χ0n) is 11.1. The number of fused-ring (bicyclic) bond motifs is 1. The van der Waals surface area contributed by atoms with Crippen molar-refractivity contribution in [3.8, 4) is 5.75 Å². The molecule has 0 atom stereocenters. The van der Waals surface area contributed by atoms with Crippen LogP contribution in [0.15, 0.2) is 23.3 Å². The van der Waals surface area contributed by atoms with Gasteiger partial charge in [0.1, 0.15) is 12.3 Å². The average Bonchev–Trinajstić information content (AvgIpc) is 2.40. The van der Waals surface area contributed by atoms with Crippen LogP contribution in [-0.4, -0.2) is 30.7 Å². The van der Waals surface area contributed by atoms with Crippen molar-refractivity contribution in [2.75, 3.05) is 18.1 Å². The molecule has 0 bridgehead atoms. The lowest BCUT2D eigenvalue weighted by Crippen LogP contribution is -2.44.